The van der Waals surface area contributed by atoms with Crippen molar-refractivity contribution in [3.05, 3.63) is 23.3 Å². The Morgan fingerprint density at radius 2 is 1.88 bits per heavy atom. The number of esters is 1. The van der Waals surface area contributed by atoms with Crippen LogP contribution in [0.4, 0.5) is 0 Å². The Balaban J connectivity index is 3.10. The standard InChI is InChI=1S/C13H18O4/c1-8-6-9(16-5)7-10(14)11(8)12(15)17-13(2,3)4/h6-7,14H,1-5H3. The van der Waals surface area contributed by atoms with Crippen LogP contribution in [0.1, 0.15) is 36.7 Å². The molecule has 0 unspecified atom stereocenters. The highest BCUT2D eigenvalue weighted by molar-refractivity contribution is 5.94. The summed E-state index contributed by atoms with van der Waals surface area (Å²) in [5.41, 5.74) is 0.215. The molecule has 4 nitrogen and oxygen atoms in total. The molecule has 0 aliphatic rings. The number of carbonyl (C=O) groups is 1. The van der Waals surface area contributed by atoms with Crippen LogP contribution in [0, 0.1) is 6.92 Å². The summed E-state index contributed by atoms with van der Waals surface area (Å²) >= 11 is 0. The van der Waals surface area contributed by atoms with Crippen molar-refractivity contribution in [2.75, 3.05) is 7.11 Å². The average molecular weight is 238 g/mol. The predicted octanol–water partition coefficient (Wildman–Crippen LogP) is 2.66. The lowest BCUT2D eigenvalue weighted by Gasteiger charge is -2.20. The van der Waals surface area contributed by atoms with Gasteiger partial charge in [-0.05, 0) is 39.3 Å². The number of hydrogen-bond donors (Lipinski definition) is 1. The van der Waals surface area contributed by atoms with Gasteiger partial charge in [-0.3, -0.25) is 0 Å². The van der Waals surface area contributed by atoms with E-state index in [4.69, 9.17) is 9.47 Å². The second-order valence-electron chi connectivity index (χ2n) is 4.84. The van der Waals surface area contributed by atoms with E-state index in [9.17, 15) is 9.90 Å². The fourth-order valence-electron chi connectivity index (χ4n) is 1.45. The fourth-order valence-corrected chi connectivity index (χ4v) is 1.45. The minimum atomic E-state index is -0.587. The molecular formula is C13H18O4. The van der Waals surface area contributed by atoms with Gasteiger partial charge < -0.3 is 14.6 Å². The van der Waals surface area contributed by atoms with Crippen molar-refractivity contribution in [2.45, 2.75) is 33.3 Å². The summed E-state index contributed by atoms with van der Waals surface area (Å²) in [7, 11) is 1.50. The van der Waals surface area contributed by atoms with Crippen LogP contribution in [0.3, 0.4) is 0 Å². The van der Waals surface area contributed by atoms with Gasteiger partial charge in [-0.1, -0.05) is 0 Å². The quantitative estimate of drug-likeness (QED) is 0.805. The molecule has 0 saturated carbocycles. The SMILES string of the molecule is COc1cc(C)c(C(=O)OC(C)(C)C)c(O)c1. The summed E-state index contributed by atoms with van der Waals surface area (Å²) in [6.45, 7) is 7.06. The van der Waals surface area contributed by atoms with E-state index in [-0.39, 0.29) is 11.3 Å². The predicted molar refractivity (Wildman–Crippen MR) is 64.6 cm³/mol. The van der Waals surface area contributed by atoms with Crippen molar-refractivity contribution in [1.82, 2.24) is 0 Å². The van der Waals surface area contributed by atoms with Gasteiger partial charge in [0.2, 0.25) is 0 Å². The monoisotopic (exact) mass is 238 g/mol. The van der Waals surface area contributed by atoms with Crippen LogP contribution in [-0.4, -0.2) is 23.8 Å². The smallest absolute Gasteiger partial charge is 0.342 e. The molecule has 94 valence electrons. The van der Waals surface area contributed by atoms with Gasteiger partial charge in [0.15, 0.2) is 0 Å². The van der Waals surface area contributed by atoms with Gasteiger partial charge in [-0.25, -0.2) is 4.79 Å². The maximum atomic E-state index is 11.9. The number of ether oxygens (including phenoxy) is 2. The number of phenolic OH excluding ortho intramolecular Hbond substituents is 1. The van der Waals surface area contributed by atoms with Crippen molar-refractivity contribution >= 4 is 5.97 Å². The first-order chi connectivity index (χ1) is 7.74. The molecule has 0 saturated heterocycles. The number of aryl methyl sites for hydroxylation is 1. The van der Waals surface area contributed by atoms with E-state index < -0.39 is 11.6 Å². The first-order valence-corrected chi connectivity index (χ1v) is 5.35. The van der Waals surface area contributed by atoms with Crippen LogP contribution >= 0.6 is 0 Å². The lowest BCUT2D eigenvalue weighted by molar-refractivity contribution is 0.00660. The molecule has 0 aliphatic carbocycles. The van der Waals surface area contributed by atoms with Gasteiger partial charge in [0.25, 0.3) is 0 Å². The van der Waals surface area contributed by atoms with Gasteiger partial charge in [-0.2, -0.15) is 0 Å². The summed E-state index contributed by atoms with van der Waals surface area (Å²) in [6.07, 6.45) is 0. The molecule has 0 spiro atoms. The number of phenols is 1. The van der Waals surface area contributed by atoms with Crippen molar-refractivity contribution in [1.29, 1.82) is 0 Å². The molecule has 0 bridgehead atoms. The molecule has 0 fully saturated rings. The fraction of sp³-hybridized carbons (Fsp3) is 0.462. The lowest BCUT2D eigenvalue weighted by Crippen LogP contribution is -2.24. The Kier molecular flexibility index (Phi) is 3.66. The third-order valence-corrected chi connectivity index (χ3v) is 2.13. The zero-order chi connectivity index (χ0) is 13.2. The molecule has 1 rings (SSSR count). The molecule has 1 aromatic carbocycles. The minimum Gasteiger partial charge on any atom is -0.507 e. The molecule has 0 aliphatic heterocycles. The largest absolute Gasteiger partial charge is 0.507 e. The maximum Gasteiger partial charge on any atom is 0.342 e. The third-order valence-electron chi connectivity index (χ3n) is 2.13. The van der Waals surface area contributed by atoms with Crippen molar-refractivity contribution in [3.63, 3.8) is 0 Å². The van der Waals surface area contributed by atoms with E-state index >= 15 is 0 Å². The molecule has 0 atom stereocenters. The van der Waals surface area contributed by atoms with Gasteiger partial charge in [0.05, 0.1) is 7.11 Å². The highest BCUT2D eigenvalue weighted by Crippen LogP contribution is 2.29. The van der Waals surface area contributed by atoms with Crippen LogP contribution in [0.25, 0.3) is 0 Å². The molecule has 0 heterocycles. The first-order valence-electron chi connectivity index (χ1n) is 5.35. The molecule has 4 heteroatoms. The third kappa shape index (κ3) is 3.37. The first kappa shape index (κ1) is 13.4. The molecule has 1 N–H and O–H groups in total. The zero-order valence-electron chi connectivity index (χ0n) is 10.8. The zero-order valence-corrected chi connectivity index (χ0v) is 10.8. The topological polar surface area (TPSA) is 55.8 Å². The van der Waals surface area contributed by atoms with Crippen molar-refractivity contribution < 1.29 is 19.4 Å². The van der Waals surface area contributed by atoms with E-state index in [1.165, 1.54) is 13.2 Å². The summed E-state index contributed by atoms with van der Waals surface area (Å²) in [6, 6.07) is 3.07. The van der Waals surface area contributed by atoms with E-state index in [2.05, 4.69) is 0 Å². The highest BCUT2D eigenvalue weighted by atomic mass is 16.6. The molecule has 1 aromatic rings. The number of carbonyl (C=O) groups excluding carboxylic acids is 1. The summed E-state index contributed by atoms with van der Waals surface area (Å²) in [5, 5.41) is 9.79. The van der Waals surface area contributed by atoms with Crippen molar-refractivity contribution in [2.24, 2.45) is 0 Å². The summed E-state index contributed by atoms with van der Waals surface area (Å²) in [5.74, 6) is -0.154. The van der Waals surface area contributed by atoms with Crippen molar-refractivity contribution in [3.8, 4) is 11.5 Å². The number of rotatable bonds is 2. The summed E-state index contributed by atoms with van der Waals surface area (Å²) in [4.78, 5) is 11.9. The van der Waals surface area contributed by atoms with Gasteiger partial charge in [0.1, 0.15) is 22.7 Å². The average Bonchev–Trinajstić information content (AvgIpc) is 2.13. The Bertz CT molecular complexity index is 407. The summed E-state index contributed by atoms with van der Waals surface area (Å²) < 4.78 is 10.2. The Labute approximate surface area is 101 Å². The van der Waals surface area contributed by atoms with Gasteiger partial charge >= 0.3 is 5.97 Å². The molecule has 17 heavy (non-hydrogen) atoms. The van der Waals surface area contributed by atoms with Crippen LogP contribution < -0.4 is 4.74 Å². The normalized spacial score (nSPS) is 11.1. The Hall–Kier alpha value is -1.71. The number of hydrogen-bond acceptors (Lipinski definition) is 4. The van der Waals surface area contributed by atoms with E-state index in [1.807, 2.05) is 0 Å². The van der Waals surface area contributed by atoms with Crippen LogP contribution in [-0.2, 0) is 4.74 Å². The van der Waals surface area contributed by atoms with Gasteiger partial charge in [-0.15, -0.1) is 0 Å². The Morgan fingerprint density at radius 3 is 2.29 bits per heavy atom. The second kappa shape index (κ2) is 4.65. The highest BCUT2D eigenvalue weighted by Gasteiger charge is 2.22. The minimum absolute atomic E-state index is 0.129. The lowest BCUT2D eigenvalue weighted by atomic mass is 10.1. The molecule has 0 radical (unpaired) electrons. The molecular weight excluding hydrogens is 220 g/mol. The van der Waals surface area contributed by atoms with Crippen LogP contribution in [0.5, 0.6) is 11.5 Å². The number of benzene rings is 1. The molecule has 0 amide bonds. The van der Waals surface area contributed by atoms with E-state index in [0.717, 1.165) is 0 Å². The molecule has 0 aromatic heterocycles. The number of methoxy groups -OCH3 is 1. The second-order valence-corrected chi connectivity index (χ2v) is 4.84. The number of aromatic hydroxyl groups is 1. The van der Waals surface area contributed by atoms with Crippen LogP contribution in [0.2, 0.25) is 0 Å². The van der Waals surface area contributed by atoms with Gasteiger partial charge in [0, 0.05) is 6.07 Å². The van der Waals surface area contributed by atoms with Crippen LogP contribution in [0.15, 0.2) is 12.1 Å². The van der Waals surface area contributed by atoms with E-state index in [1.54, 1.807) is 33.8 Å². The maximum absolute atomic E-state index is 11.9. The Morgan fingerprint density at radius 1 is 1.29 bits per heavy atom. The van der Waals surface area contributed by atoms with E-state index in [0.29, 0.717) is 11.3 Å².